The molecule has 0 atom stereocenters. The monoisotopic (exact) mass is 378 g/mol. The molecule has 8 nitrogen and oxygen atoms in total. The average Bonchev–Trinajstić information content (AvgIpc) is 2.63. The lowest BCUT2D eigenvalue weighted by Crippen LogP contribution is -2.29. The van der Waals surface area contributed by atoms with Crippen molar-refractivity contribution in [2.24, 2.45) is 0 Å². The number of rotatable bonds is 5. The van der Waals surface area contributed by atoms with Gasteiger partial charge in [0, 0.05) is 24.5 Å². The lowest BCUT2D eigenvalue weighted by molar-refractivity contribution is 0.274. The Morgan fingerprint density at radius 1 is 1.25 bits per heavy atom. The van der Waals surface area contributed by atoms with E-state index in [-0.39, 0.29) is 24.2 Å². The topological polar surface area (TPSA) is 116 Å². The number of pyridine rings is 3. The lowest BCUT2D eigenvalue weighted by Gasteiger charge is -2.23. The predicted octanol–water partition coefficient (Wildman–Crippen LogP) is 2.61. The number of fused-ring (bicyclic) bond motifs is 1. The standard InChI is InChI=1S/C20H22N6O2/c1-20(2,3)25-18-17-14(6-7-26(8-9-27)19(17)28)10-16(24-18)23-15-5-4-13(11-21)12-22-15/h4-7,10,12,27H,8-9H2,1-3H3,(H2,22,23,24,25). The summed E-state index contributed by atoms with van der Waals surface area (Å²) < 4.78 is 1.47. The molecule has 0 spiro atoms. The maximum absolute atomic E-state index is 12.9. The first-order valence-corrected chi connectivity index (χ1v) is 8.87. The van der Waals surface area contributed by atoms with Crippen LogP contribution < -0.4 is 16.2 Å². The molecule has 3 N–H and O–H groups in total. The van der Waals surface area contributed by atoms with Crippen LogP contribution in [0, 0.1) is 11.3 Å². The Morgan fingerprint density at radius 3 is 2.64 bits per heavy atom. The Bertz CT molecular complexity index is 1090. The van der Waals surface area contributed by atoms with Gasteiger partial charge in [-0.15, -0.1) is 0 Å². The van der Waals surface area contributed by atoms with Crippen molar-refractivity contribution >= 4 is 28.2 Å². The van der Waals surface area contributed by atoms with Crippen LogP contribution in [0.1, 0.15) is 26.3 Å². The fourth-order valence-corrected chi connectivity index (χ4v) is 2.76. The smallest absolute Gasteiger partial charge is 0.262 e. The first kappa shape index (κ1) is 19.3. The van der Waals surface area contributed by atoms with Gasteiger partial charge in [-0.05, 0) is 50.4 Å². The number of nitrogens with one attached hydrogen (secondary N) is 2. The van der Waals surface area contributed by atoms with Crippen molar-refractivity contribution in [3.8, 4) is 6.07 Å². The van der Waals surface area contributed by atoms with Crippen LogP contribution in [-0.2, 0) is 6.54 Å². The summed E-state index contributed by atoms with van der Waals surface area (Å²) in [6.07, 6.45) is 3.14. The van der Waals surface area contributed by atoms with E-state index in [1.807, 2.05) is 32.9 Å². The molecule has 28 heavy (non-hydrogen) atoms. The van der Waals surface area contributed by atoms with Gasteiger partial charge in [0.15, 0.2) is 0 Å². The summed E-state index contributed by atoms with van der Waals surface area (Å²) in [6.45, 7) is 6.05. The van der Waals surface area contributed by atoms with Gasteiger partial charge in [0.1, 0.15) is 23.5 Å². The van der Waals surface area contributed by atoms with Crippen molar-refractivity contribution < 1.29 is 5.11 Å². The zero-order valence-corrected chi connectivity index (χ0v) is 16.0. The largest absolute Gasteiger partial charge is 0.395 e. The third-order valence-electron chi connectivity index (χ3n) is 3.94. The zero-order chi connectivity index (χ0) is 20.3. The molecule has 3 rings (SSSR count). The SMILES string of the molecule is CC(C)(C)Nc1nc(Nc2ccc(C#N)cn2)cc2ccn(CCO)c(=O)c12. The van der Waals surface area contributed by atoms with Crippen LogP contribution in [0.15, 0.2) is 41.5 Å². The molecule has 3 aromatic rings. The van der Waals surface area contributed by atoms with Crippen molar-refractivity contribution in [3.05, 3.63) is 52.6 Å². The summed E-state index contributed by atoms with van der Waals surface area (Å²) >= 11 is 0. The third kappa shape index (κ3) is 4.27. The van der Waals surface area contributed by atoms with Crippen LogP contribution in [0.5, 0.6) is 0 Å². The predicted molar refractivity (Wildman–Crippen MR) is 109 cm³/mol. The lowest BCUT2D eigenvalue weighted by atomic mass is 10.1. The second-order valence-corrected chi connectivity index (χ2v) is 7.40. The molecular weight excluding hydrogens is 356 g/mol. The van der Waals surface area contributed by atoms with E-state index in [9.17, 15) is 9.90 Å². The minimum absolute atomic E-state index is 0.120. The molecule has 3 heterocycles. The molecule has 0 aliphatic carbocycles. The summed E-state index contributed by atoms with van der Waals surface area (Å²) in [5.41, 5.74) is -0.0552. The van der Waals surface area contributed by atoms with E-state index in [2.05, 4.69) is 20.6 Å². The average molecular weight is 378 g/mol. The Hall–Kier alpha value is -3.44. The van der Waals surface area contributed by atoms with E-state index in [0.29, 0.717) is 28.4 Å². The fourth-order valence-electron chi connectivity index (χ4n) is 2.76. The fraction of sp³-hybridized carbons (Fsp3) is 0.300. The Morgan fingerprint density at radius 2 is 2.04 bits per heavy atom. The summed E-state index contributed by atoms with van der Waals surface area (Å²) in [5, 5.41) is 25.7. The molecule has 144 valence electrons. The summed E-state index contributed by atoms with van der Waals surface area (Å²) in [4.78, 5) is 21.7. The highest BCUT2D eigenvalue weighted by Gasteiger charge is 2.17. The number of nitrogens with zero attached hydrogens (tertiary/aromatic N) is 4. The van der Waals surface area contributed by atoms with Gasteiger partial charge in [-0.25, -0.2) is 9.97 Å². The van der Waals surface area contributed by atoms with E-state index in [4.69, 9.17) is 5.26 Å². The molecule has 0 aliphatic heterocycles. The Kier molecular flexibility index (Phi) is 5.29. The van der Waals surface area contributed by atoms with Crippen molar-refractivity contribution in [1.29, 1.82) is 5.26 Å². The number of aliphatic hydroxyl groups is 1. The van der Waals surface area contributed by atoms with Gasteiger partial charge < -0.3 is 20.3 Å². The molecule has 0 radical (unpaired) electrons. The second-order valence-electron chi connectivity index (χ2n) is 7.40. The number of hydrogen-bond donors (Lipinski definition) is 3. The molecule has 0 unspecified atom stereocenters. The normalized spacial score (nSPS) is 11.2. The van der Waals surface area contributed by atoms with Gasteiger partial charge in [-0.1, -0.05) is 0 Å². The van der Waals surface area contributed by atoms with E-state index in [1.54, 1.807) is 24.4 Å². The molecule has 0 saturated carbocycles. The summed E-state index contributed by atoms with van der Waals surface area (Å²) in [5.74, 6) is 1.52. The highest BCUT2D eigenvalue weighted by Crippen LogP contribution is 2.26. The Labute approximate surface area is 162 Å². The number of aromatic nitrogens is 3. The van der Waals surface area contributed by atoms with Crippen LogP contribution in [0.3, 0.4) is 0 Å². The van der Waals surface area contributed by atoms with Crippen LogP contribution >= 0.6 is 0 Å². The molecule has 0 saturated heterocycles. The zero-order valence-electron chi connectivity index (χ0n) is 16.0. The van der Waals surface area contributed by atoms with Crippen molar-refractivity contribution in [2.45, 2.75) is 32.9 Å². The van der Waals surface area contributed by atoms with Gasteiger partial charge in [-0.3, -0.25) is 4.79 Å². The number of anilines is 3. The maximum Gasteiger partial charge on any atom is 0.262 e. The molecular formula is C20H22N6O2. The number of nitriles is 1. The number of aliphatic hydroxyl groups excluding tert-OH is 1. The highest BCUT2D eigenvalue weighted by molar-refractivity contribution is 5.93. The van der Waals surface area contributed by atoms with Crippen LogP contribution in [-0.4, -0.2) is 31.8 Å². The molecule has 0 bridgehead atoms. The van der Waals surface area contributed by atoms with Crippen LogP contribution in [0.4, 0.5) is 17.5 Å². The van der Waals surface area contributed by atoms with Gasteiger partial charge >= 0.3 is 0 Å². The number of hydrogen-bond acceptors (Lipinski definition) is 7. The first-order valence-electron chi connectivity index (χ1n) is 8.87. The van der Waals surface area contributed by atoms with Crippen LogP contribution in [0.2, 0.25) is 0 Å². The Balaban J connectivity index is 2.10. The van der Waals surface area contributed by atoms with Crippen molar-refractivity contribution in [3.63, 3.8) is 0 Å². The first-order chi connectivity index (χ1) is 13.3. The maximum atomic E-state index is 12.9. The van der Waals surface area contributed by atoms with Gasteiger partial charge in [-0.2, -0.15) is 5.26 Å². The van der Waals surface area contributed by atoms with E-state index < -0.39 is 0 Å². The van der Waals surface area contributed by atoms with Crippen LogP contribution in [0.25, 0.3) is 10.8 Å². The van der Waals surface area contributed by atoms with E-state index in [0.717, 1.165) is 5.39 Å². The van der Waals surface area contributed by atoms with Gasteiger partial charge in [0.2, 0.25) is 0 Å². The van der Waals surface area contributed by atoms with E-state index >= 15 is 0 Å². The minimum Gasteiger partial charge on any atom is -0.395 e. The minimum atomic E-state index is -0.310. The molecule has 3 aromatic heterocycles. The van der Waals surface area contributed by atoms with E-state index in [1.165, 1.54) is 10.8 Å². The van der Waals surface area contributed by atoms with Gasteiger partial charge in [0.25, 0.3) is 5.56 Å². The van der Waals surface area contributed by atoms with Crippen molar-refractivity contribution in [2.75, 3.05) is 17.2 Å². The molecule has 0 aromatic carbocycles. The van der Waals surface area contributed by atoms with Gasteiger partial charge in [0.05, 0.1) is 17.6 Å². The summed E-state index contributed by atoms with van der Waals surface area (Å²) in [7, 11) is 0. The molecule has 8 heteroatoms. The molecule has 0 aliphatic rings. The second kappa shape index (κ2) is 7.66. The molecule has 0 amide bonds. The summed E-state index contributed by atoms with van der Waals surface area (Å²) in [6, 6.07) is 8.98. The molecule has 0 fully saturated rings. The highest BCUT2D eigenvalue weighted by atomic mass is 16.3. The quantitative estimate of drug-likeness (QED) is 0.625. The van der Waals surface area contributed by atoms with Crippen molar-refractivity contribution in [1.82, 2.24) is 14.5 Å². The third-order valence-corrected chi connectivity index (χ3v) is 3.94.